The van der Waals surface area contributed by atoms with Crippen LogP contribution < -0.4 is 10.6 Å². The summed E-state index contributed by atoms with van der Waals surface area (Å²) in [5.41, 5.74) is 0.232. The highest BCUT2D eigenvalue weighted by atomic mass is 79.9. The highest BCUT2D eigenvalue weighted by molar-refractivity contribution is 9.10. The SMILES string of the molecule is CC(C)(C#N)Nc1cc(Nc2ccccc2Br)ncn1. The summed E-state index contributed by atoms with van der Waals surface area (Å²) in [5.74, 6) is 1.25. The van der Waals surface area contributed by atoms with Crippen molar-refractivity contribution >= 4 is 33.3 Å². The molecule has 6 heteroatoms. The average molecular weight is 332 g/mol. The molecule has 0 aliphatic rings. The lowest BCUT2D eigenvalue weighted by Crippen LogP contribution is -2.28. The predicted molar refractivity (Wildman–Crippen MR) is 82.8 cm³/mol. The smallest absolute Gasteiger partial charge is 0.135 e. The number of hydrogen-bond donors (Lipinski definition) is 2. The van der Waals surface area contributed by atoms with Crippen LogP contribution in [0.3, 0.4) is 0 Å². The third kappa shape index (κ3) is 3.68. The maximum Gasteiger partial charge on any atom is 0.135 e. The molecule has 0 bridgehead atoms. The molecular weight excluding hydrogens is 318 g/mol. The summed E-state index contributed by atoms with van der Waals surface area (Å²) >= 11 is 3.47. The van der Waals surface area contributed by atoms with Crippen LogP contribution in [0.1, 0.15) is 13.8 Å². The number of nitrogens with one attached hydrogen (secondary N) is 2. The molecule has 102 valence electrons. The monoisotopic (exact) mass is 331 g/mol. The third-order valence-corrected chi connectivity index (χ3v) is 3.22. The molecule has 0 aliphatic carbocycles. The second-order valence-electron chi connectivity index (χ2n) is 4.76. The van der Waals surface area contributed by atoms with Gasteiger partial charge in [0.05, 0.1) is 11.8 Å². The number of hydrogen-bond acceptors (Lipinski definition) is 5. The Hall–Kier alpha value is -2.13. The lowest BCUT2D eigenvalue weighted by molar-refractivity contribution is 0.723. The minimum absolute atomic E-state index is 0.598. The molecule has 0 amide bonds. The highest BCUT2D eigenvalue weighted by Crippen LogP contribution is 2.25. The number of para-hydroxylation sites is 1. The largest absolute Gasteiger partial charge is 0.352 e. The van der Waals surface area contributed by atoms with E-state index in [0.717, 1.165) is 10.2 Å². The number of aromatic nitrogens is 2. The van der Waals surface area contributed by atoms with Gasteiger partial charge in [-0.25, -0.2) is 9.97 Å². The van der Waals surface area contributed by atoms with Crippen molar-refractivity contribution < 1.29 is 0 Å². The van der Waals surface area contributed by atoms with Crippen LogP contribution in [0.25, 0.3) is 0 Å². The van der Waals surface area contributed by atoms with E-state index in [1.165, 1.54) is 6.33 Å². The molecule has 0 atom stereocenters. The third-order valence-electron chi connectivity index (χ3n) is 2.52. The van der Waals surface area contributed by atoms with Gasteiger partial charge in [-0.05, 0) is 41.9 Å². The van der Waals surface area contributed by atoms with Crippen molar-refractivity contribution in [2.45, 2.75) is 19.4 Å². The zero-order valence-electron chi connectivity index (χ0n) is 11.2. The Balaban J connectivity index is 2.19. The fourth-order valence-corrected chi connectivity index (χ4v) is 1.93. The van der Waals surface area contributed by atoms with Crippen molar-refractivity contribution in [3.8, 4) is 6.07 Å². The first kappa shape index (κ1) is 14.3. The Morgan fingerprint density at radius 3 is 2.60 bits per heavy atom. The summed E-state index contributed by atoms with van der Waals surface area (Å²) in [6.07, 6.45) is 1.45. The maximum atomic E-state index is 9.02. The van der Waals surface area contributed by atoms with Crippen molar-refractivity contribution in [1.29, 1.82) is 5.26 Å². The van der Waals surface area contributed by atoms with E-state index < -0.39 is 5.54 Å². The van der Waals surface area contributed by atoms with Crippen molar-refractivity contribution in [2.75, 3.05) is 10.6 Å². The van der Waals surface area contributed by atoms with E-state index >= 15 is 0 Å². The molecule has 0 unspecified atom stereocenters. The number of benzene rings is 1. The molecule has 2 rings (SSSR count). The summed E-state index contributed by atoms with van der Waals surface area (Å²) in [6.45, 7) is 3.58. The molecular formula is C14H14BrN5. The molecule has 0 saturated heterocycles. The van der Waals surface area contributed by atoms with Gasteiger partial charge in [-0.2, -0.15) is 5.26 Å². The van der Waals surface area contributed by atoms with Gasteiger partial charge in [0.25, 0.3) is 0 Å². The Labute approximate surface area is 126 Å². The van der Waals surface area contributed by atoms with Gasteiger partial charge in [-0.1, -0.05) is 12.1 Å². The molecule has 5 nitrogen and oxygen atoms in total. The summed E-state index contributed by atoms with van der Waals surface area (Å²) in [6, 6.07) is 11.7. The minimum Gasteiger partial charge on any atom is -0.352 e. The Morgan fingerprint density at radius 1 is 1.20 bits per heavy atom. The predicted octanol–water partition coefficient (Wildman–Crippen LogP) is 3.70. The van der Waals surface area contributed by atoms with Gasteiger partial charge >= 0.3 is 0 Å². The molecule has 1 aromatic heterocycles. The van der Waals surface area contributed by atoms with Gasteiger partial charge in [0.15, 0.2) is 0 Å². The first-order valence-corrected chi connectivity index (χ1v) is 6.82. The van der Waals surface area contributed by atoms with Crippen molar-refractivity contribution in [3.05, 3.63) is 41.1 Å². The summed E-state index contributed by atoms with van der Waals surface area (Å²) in [5, 5.41) is 15.3. The van der Waals surface area contributed by atoms with Crippen LogP contribution in [0.2, 0.25) is 0 Å². The van der Waals surface area contributed by atoms with Gasteiger partial charge in [0.2, 0.25) is 0 Å². The number of nitriles is 1. The van der Waals surface area contributed by atoms with Crippen LogP contribution in [-0.2, 0) is 0 Å². The van der Waals surface area contributed by atoms with E-state index in [1.54, 1.807) is 19.9 Å². The van der Waals surface area contributed by atoms with Crippen LogP contribution in [0.15, 0.2) is 41.1 Å². The van der Waals surface area contributed by atoms with Crippen LogP contribution >= 0.6 is 15.9 Å². The van der Waals surface area contributed by atoms with Crippen molar-refractivity contribution in [2.24, 2.45) is 0 Å². The second kappa shape index (κ2) is 5.88. The fraction of sp³-hybridized carbons (Fsp3) is 0.214. The van der Waals surface area contributed by atoms with E-state index in [0.29, 0.717) is 11.6 Å². The molecule has 0 radical (unpaired) electrons. The molecule has 2 N–H and O–H groups in total. The van der Waals surface area contributed by atoms with Crippen molar-refractivity contribution in [3.63, 3.8) is 0 Å². The summed E-state index contributed by atoms with van der Waals surface area (Å²) in [7, 11) is 0. The topological polar surface area (TPSA) is 73.6 Å². The fourth-order valence-electron chi connectivity index (χ4n) is 1.54. The lowest BCUT2D eigenvalue weighted by atomic mass is 10.1. The van der Waals surface area contributed by atoms with Crippen LogP contribution in [-0.4, -0.2) is 15.5 Å². The second-order valence-corrected chi connectivity index (χ2v) is 5.61. The molecule has 0 aliphatic heterocycles. The van der Waals surface area contributed by atoms with Gasteiger partial charge in [0, 0.05) is 10.5 Å². The Kier molecular flexibility index (Phi) is 4.20. The van der Waals surface area contributed by atoms with Gasteiger partial charge in [0.1, 0.15) is 23.5 Å². The maximum absolute atomic E-state index is 9.02. The van der Waals surface area contributed by atoms with Gasteiger partial charge < -0.3 is 10.6 Å². The normalized spacial score (nSPS) is 10.7. The Bertz CT molecular complexity index is 648. The van der Waals surface area contributed by atoms with Crippen LogP contribution in [0.4, 0.5) is 17.3 Å². The number of rotatable bonds is 4. The van der Waals surface area contributed by atoms with E-state index in [-0.39, 0.29) is 0 Å². The summed E-state index contributed by atoms with van der Waals surface area (Å²) < 4.78 is 0.950. The number of halogens is 1. The Morgan fingerprint density at radius 2 is 1.90 bits per heavy atom. The molecule has 0 saturated carbocycles. The first-order valence-electron chi connectivity index (χ1n) is 6.03. The highest BCUT2D eigenvalue weighted by Gasteiger charge is 2.16. The van der Waals surface area contributed by atoms with E-state index in [4.69, 9.17) is 5.26 Å². The van der Waals surface area contributed by atoms with Crippen LogP contribution in [0.5, 0.6) is 0 Å². The number of anilines is 3. The lowest BCUT2D eigenvalue weighted by Gasteiger charge is -2.18. The quantitative estimate of drug-likeness (QED) is 0.893. The summed E-state index contributed by atoms with van der Waals surface area (Å²) in [4.78, 5) is 8.28. The molecule has 1 aromatic carbocycles. The first-order chi connectivity index (χ1) is 9.50. The zero-order chi connectivity index (χ0) is 14.6. The average Bonchev–Trinajstić information content (AvgIpc) is 2.41. The minimum atomic E-state index is -0.682. The molecule has 2 aromatic rings. The van der Waals surface area contributed by atoms with Gasteiger partial charge in [-0.3, -0.25) is 0 Å². The molecule has 20 heavy (non-hydrogen) atoms. The van der Waals surface area contributed by atoms with E-state index in [9.17, 15) is 0 Å². The van der Waals surface area contributed by atoms with Gasteiger partial charge in [-0.15, -0.1) is 0 Å². The van der Waals surface area contributed by atoms with E-state index in [2.05, 4.69) is 42.6 Å². The van der Waals surface area contributed by atoms with E-state index in [1.807, 2.05) is 24.3 Å². The molecule has 0 fully saturated rings. The molecule has 1 heterocycles. The zero-order valence-corrected chi connectivity index (χ0v) is 12.8. The van der Waals surface area contributed by atoms with Crippen LogP contribution in [0, 0.1) is 11.3 Å². The molecule has 0 spiro atoms. The number of nitrogens with zero attached hydrogens (tertiary/aromatic N) is 3. The standard InChI is InChI=1S/C14H14BrN5/c1-14(2,8-16)20-13-7-12(17-9-18-13)19-11-6-4-3-5-10(11)15/h3-7,9H,1-2H3,(H2,17,18,19,20). The van der Waals surface area contributed by atoms with Crippen molar-refractivity contribution in [1.82, 2.24) is 9.97 Å².